The fraction of sp³-hybridized carbons (Fsp3) is 0.0870. The topological polar surface area (TPSA) is 77.6 Å². The third-order valence-corrected chi connectivity index (χ3v) is 4.54. The van der Waals surface area contributed by atoms with Crippen LogP contribution in [0.1, 0.15) is 21.5 Å². The van der Waals surface area contributed by atoms with Crippen LogP contribution in [0.2, 0.25) is 5.02 Å². The molecule has 0 fully saturated rings. The molecule has 9 heteroatoms. The highest BCUT2D eigenvalue weighted by Gasteiger charge is 2.31. The quantitative estimate of drug-likeness (QED) is 0.383. The number of carbonyl (C=O) groups excluding carboxylic acids is 1. The first-order valence-corrected chi connectivity index (χ1v) is 9.66. The van der Waals surface area contributed by atoms with Crippen LogP contribution in [-0.2, 0) is 11.3 Å². The summed E-state index contributed by atoms with van der Waals surface area (Å²) in [6.45, 7) is 0.0402. The van der Waals surface area contributed by atoms with Gasteiger partial charge in [-0.3, -0.25) is 4.98 Å². The number of para-hydroxylation sites is 1. The molecule has 1 heterocycles. The van der Waals surface area contributed by atoms with E-state index in [1.165, 1.54) is 24.3 Å². The average molecular weight is 460 g/mol. The maximum absolute atomic E-state index is 13.0. The lowest BCUT2D eigenvalue weighted by atomic mass is 10.1. The Morgan fingerprint density at radius 3 is 2.38 bits per heavy atom. The lowest BCUT2D eigenvalue weighted by Crippen LogP contribution is -2.21. The van der Waals surface area contributed by atoms with Gasteiger partial charge in [0.05, 0.1) is 22.0 Å². The second-order valence-corrected chi connectivity index (χ2v) is 6.97. The van der Waals surface area contributed by atoms with Crippen LogP contribution in [0.4, 0.5) is 18.9 Å². The Labute approximate surface area is 187 Å². The predicted molar refractivity (Wildman–Crippen MR) is 116 cm³/mol. The molecular weight excluding hydrogens is 443 g/mol. The SMILES string of the molecule is NC(=CC(=Nc1ccccc1Cl)c1ccc(C(=O)OCc2cccnc2)cc1)C(F)(F)F. The number of hydrogen-bond acceptors (Lipinski definition) is 5. The number of halogens is 4. The van der Waals surface area contributed by atoms with Crippen molar-refractivity contribution in [2.75, 3.05) is 0 Å². The summed E-state index contributed by atoms with van der Waals surface area (Å²) >= 11 is 6.09. The summed E-state index contributed by atoms with van der Waals surface area (Å²) in [6, 6.07) is 15.7. The van der Waals surface area contributed by atoms with E-state index < -0.39 is 17.8 Å². The van der Waals surface area contributed by atoms with Crippen molar-refractivity contribution in [3.05, 3.63) is 107 Å². The molecule has 164 valence electrons. The van der Waals surface area contributed by atoms with Gasteiger partial charge in [0.15, 0.2) is 0 Å². The molecule has 0 aliphatic heterocycles. The van der Waals surface area contributed by atoms with Crippen molar-refractivity contribution < 1.29 is 22.7 Å². The average Bonchev–Trinajstić information content (AvgIpc) is 2.78. The van der Waals surface area contributed by atoms with Crippen LogP contribution in [0.5, 0.6) is 0 Å². The van der Waals surface area contributed by atoms with Crippen LogP contribution in [0.15, 0.2) is 89.8 Å². The van der Waals surface area contributed by atoms with Gasteiger partial charge in [-0.25, -0.2) is 9.79 Å². The van der Waals surface area contributed by atoms with Gasteiger partial charge in [-0.2, -0.15) is 13.2 Å². The fourth-order valence-corrected chi connectivity index (χ4v) is 2.75. The highest BCUT2D eigenvalue weighted by Crippen LogP contribution is 2.27. The van der Waals surface area contributed by atoms with Crippen molar-refractivity contribution in [2.45, 2.75) is 12.8 Å². The molecule has 0 aliphatic carbocycles. The van der Waals surface area contributed by atoms with Gasteiger partial charge in [0, 0.05) is 23.5 Å². The summed E-state index contributed by atoms with van der Waals surface area (Å²) in [7, 11) is 0. The minimum absolute atomic E-state index is 0.0402. The van der Waals surface area contributed by atoms with Crippen molar-refractivity contribution in [1.82, 2.24) is 4.98 Å². The summed E-state index contributed by atoms with van der Waals surface area (Å²) in [5.74, 6) is -0.588. The number of pyridine rings is 1. The molecule has 0 saturated carbocycles. The van der Waals surface area contributed by atoms with Crippen LogP contribution in [0, 0.1) is 0 Å². The normalized spacial score (nSPS) is 12.5. The van der Waals surface area contributed by atoms with E-state index in [1.807, 2.05) is 0 Å². The van der Waals surface area contributed by atoms with E-state index in [0.29, 0.717) is 5.56 Å². The molecule has 2 N–H and O–H groups in total. The van der Waals surface area contributed by atoms with Crippen LogP contribution in [0.25, 0.3) is 0 Å². The number of rotatable bonds is 6. The number of alkyl halides is 3. The lowest BCUT2D eigenvalue weighted by Gasteiger charge is -2.10. The number of nitrogens with zero attached hydrogens (tertiary/aromatic N) is 2. The largest absolute Gasteiger partial charge is 0.457 e. The maximum atomic E-state index is 13.0. The predicted octanol–water partition coefficient (Wildman–Crippen LogP) is 5.62. The summed E-state index contributed by atoms with van der Waals surface area (Å²) in [5.41, 5.74) is 5.34. The van der Waals surface area contributed by atoms with Crippen molar-refractivity contribution >= 4 is 29.0 Å². The molecule has 1 aromatic heterocycles. The Hall–Kier alpha value is -3.65. The number of ether oxygens (including phenoxy) is 1. The molecular formula is C23H17ClF3N3O2. The molecule has 2 aromatic carbocycles. The number of esters is 1. The maximum Gasteiger partial charge on any atom is 0.430 e. The second-order valence-electron chi connectivity index (χ2n) is 6.56. The minimum atomic E-state index is -4.72. The number of aromatic nitrogens is 1. The molecule has 32 heavy (non-hydrogen) atoms. The molecule has 0 bridgehead atoms. The fourth-order valence-electron chi connectivity index (χ4n) is 2.57. The van der Waals surface area contributed by atoms with Gasteiger partial charge in [0.2, 0.25) is 0 Å². The van der Waals surface area contributed by atoms with Crippen molar-refractivity contribution in [1.29, 1.82) is 0 Å². The first-order chi connectivity index (χ1) is 15.2. The Morgan fingerprint density at radius 1 is 1.06 bits per heavy atom. The van der Waals surface area contributed by atoms with Gasteiger partial charge in [-0.1, -0.05) is 41.9 Å². The van der Waals surface area contributed by atoms with Crippen molar-refractivity contribution in [2.24, 2.45) is 10.7 Å². The Morgan fingerprint density at radius 2 is 1.75 bits per heavy atom. The standard InChI is InChI=1S/C23H17ClF3N3O2/c24-18-5-1-2-6-19(18)30-20(12-21(28)23(25,26)27)16-7-9-17(10-8-16)22(31)32-14-15-4-3-11-29-13-15/h1-13H,14,28H2. The number of aliphatic imine (C=N–C) groups is 1. The number of nitrogens with two attached hydrogens (primary N) is 1. The molecule has 3 rings (SSSR count). The molecule has 0 unspecified atom stereocenters. The van der Waals surface area contributed by atoms with Gasteiger partial charge in [0.1, 0.15) is 12.3 Å². The smallest absolute Gasteiger partial charge is 0.430 e. The first-order valence-electron chi connectivity index (χ1n) is 9.28. The molecule has 3 aromatic rings. The summed E-state index contributed by atoms with van der Waals surface area (Å²) in [6.07, 6.45) is -0.826. The zero-order valence-electron chi connectivity index (χ0n) is 16.5. The Balaban J connectivity index is 1.87. The number of hydrogen-bond donors (Lipinski definition) is 1. The third kappa shape index (κ3) is 6.18. The molecule has 0 spiro atoms. The highest BCUT2D eigenvalue weighted by atomic mass is 35.5. The zero-order valence-corrected chi connectivity index (χ0v) is 17.3. The van der Waals surface area contributed by atoms with E-state index in [1.54, 1.807) is 48.8 Å². The van der Waals surface area contributed by atoms with E-state index >= 15 is 0 Å². The molecule has 5 nitrogen and oxygen atoms in total. The lowest BCUT2D eigenvalue weighted by molar-refractivity contribution is -0.0925. The van der Waals surface area contributed by atoms with Crippen molar-refractivity contribution in [3.63, 3.8) is 0 Å². The van der Waals surface area contributed by atoms with Crippen LogP contribution < -0.4 is 5.73 Å². The summed E-state index contributed by atoms with van der Waals surface area (Å²) in [4.78, 5) is 20.4. The number of allylic oxidation sites excluding steroid dienone is 2. The van der Waals surface area contributed by atoms with Gasteiger partial charge in [-0.05, 0) is 36.4 Å². The van der Waals surface area contributed by atoms with E-state index in [2.05, 4.69) is 9.98 Å². The third-order valence-electron chi connectivity index (χ3n) is 4.22. The second kappa shape index (κ2) is 10.1. The van der Waals surface area contributed by atoms with Crippen molar-refractivity contribution in [3.8, 4) is 0 Å². The monoisotopic (exact) mass is 459 g/mol. The van der Waals surface area contributed by atoms with Crippen LogP contribution in [0.3, 0.4) is 0 Å². The zero-order chi connectivity index (χ0) is 23.1. The number of benzene rings is 2. The molecule has 0 radical (unpaired) electrons. The first kappa shape index (κ1) is 23.0. The highest BCUT2D eigenvalue weighted by molar-refractivity contribution is 6.33. The minimum Gasteiger partial charge on any atom is -0.457 e. The summed E-state index contributed by atoms with van der Waals surface area (Å²) < 4.78 is 44.2. The Bertz CT molecular complexity index is 1150. The van der Waals surface area contributed by atoms with Gasteiger partial charge in [-0.15, -0.1) is 0 Å². The molecule has 0 aliphatic rings. The Kier molecular flexibility index (Phi) is 7.27. The van der Waals surface area contributed by atoms with Crippen LogP contribution in [-0.4, -0.2) is 22.8 Å². The van der Waals surface area contributed by atoms with E-state index in [0.717, 1.165) is 11.6 Å². The van der Waals surface area contributed by atoms with E-state index in [9.17, 15) is 18.0 Å². The van der Waals surface area contributed by atoms with Gasteiger partial charge < -0.3 is 10.5 Å². The van der Waals surface area contributed by atoms with Gasteiger partial charge >= 0.3 is 12.1 Å². The van der Waals surface area contributed by atoms with E-state index in [-0.39, 0.29) is 28.6 Å². The molecule has 0 saturated heterocycles. The van der Waals surface area contributed by atoms with Crippen LogP contribution >= 0.6 is 11.6 Å². The van der Waals surface area contributed by atoms with E-state index in [4.69, 9.17) is 22.1 Å². The number of carbonyl (C=O) groups is 1. The molecule has 0 amide bonds. The summed E-state index contributed by atoms with van der Waals surface area (Å²) in [5, 5.41) is 0.263. The molecule has 0 atom stereocenters. The van der Waals surface area contributed by atoms with Gasteiger partial charge in [0.25, 0.3) is 0 Å².